The molecule has 0 spiro atoms. The highest BCUT2D eigenvalue weighted by molar-refractivity contribution is 5.67. The van der Waals surface area contributed by atoms with Crippen LogP contribution in [0.15, 0.2) is 27.5 Å². The van der Waals surface area contributed by atoms with Gasteiger partial charge in [-0.25, -0.2) is 9.78 Å². The number of fused-ring (bicyclic) bond motifs is 1. The summed E-state index contributed by atoms with van der Waals surface area (Å²) in [6.07, 6.45) is 5.22. The van der Waals surface area contributed by atoms with Crippen LogP contribution in [0.3, 0.4) is 0 Å². The average molecular weight is 233 g/mol. The predicted octanol–water partition coefficient (Wildman–Crippen LogP) is 1.13. The van der Waals surface area contributed by atoms with Crippen molar-refractivity contribution >= 4 is 11.2 Å². The van der Waals surface area contributed by atoms with E-state index in [9.17, 15) is 4.79 Å². The molecule has 0 saturated carbocycles. The Labute approximate surface area is 98.5 Å². The second-order valence-corrected chi connectivity index (χ2v) is 4.45. The molecule has 2 aromatic heterocycles. The van der Waals surface area contributed by atoms with Crippen molar-refractivity contribution in [3.05, 3.63) is 28.9 Å². The minimum Gasteiger partial charge on any atom is -0.406 e. The van der Waals surface area contributed by atoms with Gasteiger partial charge in [0.05, 0.1) is 0 Å². The van der Waals surface area contributed by atoms with Crippen molar-refractivity contribution in [3.8, 4) is 0 Å². The van der Waals surface area contributed by atoms with Crippen LogP contribution in [0.4, 0.5) is 0 Å². The summed E-state index contributed by atoms with van der Waals surface area (Å²) in [4.78, 5) is 15.9. The molecule has 3 heterocycles. The van der Waals surface area contributed by atoms with Gasteiger partial charge in [-0.05, 0) is 31.5 Å². The Morgan fingerprint density at radius 1 is 1.53 bits per heavy atom. The SMILES string of the molecule is O=c1oc2cccnc2n1CC1CCCCN1. The lowest BCUT2D eigenvalue weighted by Crippen LogP contribution is -2.39. The fraction of sp³-hybridized carbons (Fsp3) is 0.500. The largest absolute Gasteiger partial charge is 0.421 e. The van der Waals surface area contributed by atoms with Gasteiger partial charge in [-0.1, -0.05) is 6.42 Å². The first-order valence-corrected chi connectivity index (χ1v) is 6.02. The van der Waals surface area contributed by atoms with Crippen molar-refractivity contribution < 1.29 is 4.42 Å². The second kappa shape index (κ2) is 4.33. The van der Waals surface area contributed by atoms with Crippen LogP contribution in [0, 0.1) is 0 Å². The number of pyridine rings is 1. The van der Waals surface area contributed by atoms with Gasteiger partial charge in [0, 0.05) is 18.8 Å². The third-order valence-electron chi connectivity index (χ3n) is 3.24. The minimum absolute atomic E-state index is 0.314. The van der Waals surface area contributed by atoms with E-state index in [0.29, 0.717) is 23.8 Å². The molecule has 0 aliphatic carbocycles. The van der Waals surface area contributed by atoms with Gasteiger partial charge < -0.3 is 9.73 Å². The average Bonchev–Trinajstić information content (AvgIpc) is 2.68. The molecule has 1 aliphatic rings. The molecule has 1 saturated heterocycles. The van der Waals surface area contributed by atoms with Gasteiger partial charge in [0.25, 0.3) is 0 Å². The molecule has 90 valence electrons. The van der Waals surface area contributed by atoms with Crippen molar-refractivity contribution in [3.63, 3.8) is 0 Å². The number of oxazole rings is 1. The summed E-state index contributed by atoms with van der Waals surface area (Å²) in [6, 6.07) is 3.90. The molecule has 3 rings (SSSR count). The molecule has 1 unspecified atom stereocenters. The smallest absolute Gasteiger partial charge is 0.406 e. The van der Waals surface area contributed by atoms with Crippen molar-refractivity contribution in [2.24, 2.45) is 0 Å². The van der Waals surface area contributed by atoms with Crippen molar-refractivity contribution in [1.82, 2.24) is 14.9 Å². The zero-order valence-electron chi connectivity index (χ0n) is 9.56. The van der Waals surface area contributed by atoms with Crippen LogP contribution in [0.1, 0.15) is 19.3 Å². The molecular formula is C12H15N3O2. The van der Waals surface area contributed by atoms with Crippen LogP contribution >= 0.6 is 0 Å². The number of hydrogen-bond donors (Lipinski definition) is 1. The lowest BCUT2D eigenvalue weighted by Gasteiger charge is -2.23. The maximum absolute atomic E-state index is 11.7. The Hall–Kier alpha value is -1.62. The summed E-state index contributed by atoms with van der Waals surface area (Å²) in [6.45, 7) is 1.67. The van der Waals surface area contributed by atoms with Crippen molar-refractivity contribution in [1.29, 1.82) is 0 Å². The topological polar surface area (TPSA) is 60.1 Å². The fourth-order valence-electron chi connectivity index (χ4n) is 2.36. The number of piperidine rings is 1. The van der Waals surface area contributed by atoms with E-state index >= 15 is 0 Å². The molecular weight excluding hydrogens is 218 g/mol. The molecule has 2 aromatic rings. The third kappa shape index (κ3) is 1.98. The van der Waals surface area contributed by atoms with E-state index in [1.807, 2.05) is 0 Å². The zero-order chi connectivity index (χ0) is 11.7. The second-order valence-electron chi connectivity index (χ2n) is 4.45. The van der Waals surface area contributed by atoms with Crippen LogP contribution in [0.25, 0.3) is 11.2 Å². The van der Waals surface area contributed by atoms with E-state index in [0.717, 1.165) is 13.0 Å². The number of aromatic nitrogens is 2. The first-order valence-electron chi connectivity index (χ1n) is 6.02. The van der Waals surface area contributed by atoms with Gasteiger partial charge in [-0.2, -0.15) is 0 Å². The summed E-state index contributed by atoms with van der Waals surface area (Å²) >= 11 is 0. The van der Waals surface area contributed by atoms with Gasteiger partial charge in [0.1, 0.15) is 0 Å². The third-order valence-corrected chi connectivity index (χ3v) is 3.24. The van der Waals surface area contributed by atoms with E-state index in [2.05, 4.69) is 10.3 Å². The highest BCUT2D eigenvalue weighted by Gasteiger charge is 2.17. The Bertz CT molecular complexity index is 566. The van der Waals surface area contributed by atoms with Gasteiger partial charge in [-0.15, -0.1) is 0 Å². The van der Waals surface area contributed by atoms with Crippen molar-refractivity contribution in [2.75, 3.05) is 6.54 Å². The van der Waals surface area contributed by atoms with E-state index in [1.165, 1.54) is 12.8 Å². The molecule has 5 heteroatoms. The zero-order valence-corrected chi connectivity index (χ0v) is 9.56. The van der Waals surface area contributed by atoms with Crippen LogP contribution in [0.5, 0.6) is 0 Å². The number of hydrogen-bond acceptors (Lipinski definition) is 4. The molecule has 0 bridgehead atoms. The Morgan fingerprint density at radius 3 is 3.29 bits per heavy atom. The summed E-state index contributed by atoms with van der Waals surface area (Å²) in [5.41, 5.74) is 1.21. The molecule has 0 radical (unpaired) electrons. The fourth-order valence-corrected chi connectivity index (χ4v) is 2.36. The number of nitrogens with zero attached hydrogens (tertiary/aromatic N) is 2. The van der Waals surface area contributed by atoms with Gasteiger partial charge in [-0.3, -0.25) is 4.57 Å². The Morgan fingerprint density at radius 2 is 2.47 bits per heavy atom. The van der Waals surface area contributed by atoms with Crippen LogP contribution in [-0.4, -0.2) is 22.1 Å². The molecule has 1 N–H and O–H groups in total. The van der Waals surface area contributed by atoms with Crippen molar-refractivity contribution in [2.45, 2.75) is 31.8 Å². The molecule has 1 aliphatic heterocycles. The van der Waals surface area contributed by atoms with E-state index in [-0.39, 0.29) is 5.76 Å². The normalized spacial score (nSPS) is 20.8. The molecule has 1 atom stereocenters. The molecule has 5 nitrogen and oxygen atoms in total. The maximum Gasteiger partial charge on any atom is 0.421 e. The Balaban J connectivity index is 1.93. The van der Waals surface area contributed by atoms with Gasteiger partial charge in [0.15, 0.2) is 11.2 Å². The first-order chi connectivity index (χ1) is 8.34. The van der Waals surface area contributed by atoms with E-state index < -0.39 is 0 Å². The number of nitrogens with one attached hydrogen (secondary N) is 1. The number of rotatable bonds is 2. The summed E-state index contributed by atoms with van der Waals surface area (Å²) in [5.74, 6) is -0.314. The van der Waals surface area contributed by atoms with Crippen LogP contribution in [-0.2, 0) is 6.54 Å². The summed E-state index contributed by atoms with van der Waals surface area (Å²) in [5, 5.41) is 3.42. The standard InChI is InChI=1S/C12H15N3O2/c16-12-15(8-9-4-1-2-6-13-9)11-10(17-12)5-3-7-14-11/h3,5,7,9,13H,1-2,4,6,8H2. The van der Waals surface area contributed by atoms with Gasteiger partial charge >= 0.3 is 5.76 Å². The summed E-state index contributed by atoms with van der Waals surface area (Å²) < 4.78 is 6.78. The monoisotopic (exact) mass is 233 g/mol. The minimum atomic E-state index is -0.314. The van der Waals surface area contributed by atoms with Crippen LogP contribution in [0.2, 0.25) is 0 Å². The highest BCUT2D eigenvalue weighted by atomic mass is 16.4. The maximum atomic E-state index is 11.7. The van der Waals surface area contributed by atoms with E-state index in [4.69, 9.17) is 4.42 Å². The highest BCUT2D eigenvalue weighted by Crippen LogP contribution is 2.12. The Kier molecular flexibility index (Phi) is 2.68. The van der Waals surface area contributed by atoms with Crippen LogP contribution < -0.4 is 11.1 Å². The molecule has 17 heavy (non-hydrogen) atoms. The lowest BCUT2D eigenvalue weighted by molar-refractivity contribution is 0.353. The molecule has 0 aromatic carbocycles. The molecule has 0 amide bonds. The first kappa shape index (κ1) is 10.5. The lowest BCUT2D eigenvalue weighted by atomic mass is 10.1. The van der Waals surface area contributed by atoms with Gasteiger partial charge in [0.2, 0.25) is 0 Å². The predicted molar refractivity (Wildman–Crippen MR) is 63.9 cm³/mol. The summed E-state index contributed by atoms with van der Waals surface area (Å²) in [7, 11) is 0. The quantitative estimate of drug-likeness (QED) is 0.844. The van der Waals surface area contributed by atoms with E-state index in [1.54, 1.807) is 22.9 Å². The molecule has 1 fully saturated rings.